The Balaban J connectivity index is 1.45. The van der Waals surface area contributed by atoms with Gasteiger partial charge in [0.25, 0.3) is 0 Å². The molecule has 0 fully saturated rings. The van der Waals surface area contributed by atoms with Crippen molar-refractivity contribution in [2.24, 2.45) is 0 Å². The Kier molecular flexibility index (Phi) is 8.77. The Labute approximate surface area is 221 Å². The SMILES string of the molecule is Cc1c(NC(=O)OCCOCCN(C)C)cn2ncc(C#N)c(Nc3ccc(Oc4ccccc4)cc3)c12. The normalized spacial score (nSPS) is 10.8. The van der Waals surface area contributed by atoms with E-state index in [1.165, 1.54) is 6.20 Å². The van der Waals surface area contributed by atoms with E-state index in [-0.39, 0.29) is 6.61 Å². The third kappa shape index (κ3) is 6.79. The van der Waals surface area contributed by atoms with Crippen LogP contribution in [0, 0.1) is 18.3 Å². The molecule has 1 amide bonds. The monoisotopic (exact) mass is 514 g/mol. The van der Waals surface area contributed by atoms with Gasteiger partial charge in [-0.15, -0.1) is 0 Å². The molecule has 0 saturated heterocycles. The number of carbonyl (C=O) groups is 1. The number of aryl methyl sites for hydroxylation is 1. The average Bonchev–Trinajstić information content (AvgIpc) is 3.23. The van der Waals surface area contributed by atoms with Gasteiger partial charge in [0.2, 0.25) is 0 Å². The lowest BCUT2D eigenvalue weighted by atomic mass is 10.1. The van der Waals surface area contributed by atoms with Crippen molar-refractivity contribution in [1.29, 1.82) is 5.26 Å². The van der Waals surface area contributed by atoms with E-state index in [0.29, 0.717) is 41.4 Å². The quantitative estimate of drug-likeness (QED) is 0.263. The summed E-state index contributed by atoms with van der Waals surface area (Å²) >= 11 is 0. The molecule has 0 aliphatic rings. The largest absolute Gasteiger partial charge is 0.457 e. The van der Waals surface area contributed by atoms with Crippen molar-refractivity contribution in [3.05, 3.63) is 78.1 Å². The number of carbonyl (C=O) groups excluding carboxylic acids is 1. The van der Waals surface area contributed by atoms with Crippen LogP contribution in [-0.2, 0) is 9.47 Å². The number of aromatic nitrogens is 2. The Morgan fingerprint density at radius 1 is 1.05 bits per heavy atom. The molecular weight excluding hydrogens is 484 g/mol. The van der Waals surface area contributed by atoms with Crippen molar-refractivity contribution in [3.63, 3.8) is 0 Å². The van der Waals surface area contributed by atoms with Gasteiger partial charge in [0.1, 0.15) is 24.2 Å². The minimum atomic E-state index is -0.593. The van der Waals surface area contributed by atoms with E-state index in [1.807, 2.05) is 80.5 Å². The maximum absolute atomic E-state index is 12.3. The van der Waals surface area contributed by atoms with Gasteiger partial charge >= 0.3 is 6.09 Å². The first-order valence-corrected chi connectivity index (χ1v) is 12.1. The van der Waals surface area contributed by atoms with Gasteiger partial charge in [0.15, 0.2) is 0 Å². The van der Waals surface area contributed by atoms with Crippen LogP contribution in [0.25, 0.3) is 5.52 Å². The van der Waals surface area contributed by atoms with Crippen LogP contribution in [-0.4, -0.2) is 61.1 Å². The minimum Gasteiger partial charge on any atom is -0.457 e. The van der Waals surface area contributed by atoms with E-state index in [4.69, 9.17) is 14.2 Å². The lowest BCUT2D eigenvalue weighted by molar-refractivity contribution is 0.0707. The molecular formula is C28H30N6O4. The number of nitrogens with zero attached hydrogens (tertiary/aromatic N) is 4. The second-order valence-electron chi connectivity index (χ2n) is 8.75. The van der Waals surface area contributed by atoms with E-state index >= 15 is 0 Å². The molecule has 0 spiro atoms. The number of benzene rings is 2. The summed E-state index contributed by atoms with van der Waals surface area (Å²) in [5.41, 5.74) is 3.63. The van der Waals surface area contributed by atoms with E-state index in [9.17, 15) is 10.1 Å². The number of para-hydroxylation sites is 1. The fraction of sp³-hybridized carbons (Fsp3) is 0.250. The molecule has 4 rings (SSSR count). The summed E-state index contributed by atoms with van der Waals surface area (Å²) in [5, 5.41) is 20.1. The molecule has 2 aromatic heterocycles. The molecule has 0 aliphatic heterocycles. The topological polar surface area (TPSA) is 113 Å². The van der Waals surface area contributed by atoms with Gasteiger partial charge in [0, 0.05) is 17.8 Å². The minimum absolute atomic E-state index is 0.138. The van der Waals surface area contributed by atoms with E-state index in [2.05, 4.69) is 21.8 Å². The Hall–Kier alpha value is -4.59. The molecule has 4 aromatic rings. The number of hydrogen-bond donors (Lipinski definition) is 2. The lowest BCUT2D eigenvalue weighted by Crippen LogP contribution is -2.21. The summed E-state index contributed by atoms with van der Waals surface area (Å²) in [6.45, 7) is 3.66. The molecule has 0 unspecified atom stereocenters. The van der Waals surface area contributed by atoms with Crippen molar-refractivity contribution in [2.75, 3.05) is 51.1 Å². The van der Waals surface area contributed by atoms with Gasteiger partial charge in [-0.1, -0.05) is 18.2 Å². The zero-order chi connectivity index (χ0) is 26.9. The Morgan fingerprint density at radius 2 is 1.79 bits per heavy atom. The summed E-state index contributed by atoms with van der Waals surface area (Å²) in [6, 6.07) is 19.1. The van der Waals surface area contributed by atoms with Crippen LogP contribution < -0.4 is 15.4 Å². The molecule has 0 aliphatic carbocycles. The highest BCUT2D eigenvalue weighted by atomic mass is 16.6. The maximum Gasteiger partial charge on any atom is 0.411 e. The molecule has 0 radical (unpaired) electrons. The standard InChI is InChI=1S/C28H30N6O4/c1-20-25(32-28(35)37-16-15-36-14-13-33(2)3)19-34-27(20)26(21(17-29)18-30-34)31-22-9-11-24(12-10-22)38-23-7-5-4-6-8-23/h4-12,18-19,31H,13-16H2,1-3H3,(H,32,35). The van der Waals surface area contributed by atoms with Crippen molar-refractivity contribution >= 4 is 28.7 Å². The molecule has 2 N–H and O–H groups in total. The van der Waals surface area contributed by atoms with Gasteiger partial charge in [-0.3, -0.25) is 5.32 Å². The number of rotatable bonds is 11. The van der Waals surface area contributed by atoms with Crippen LogP contribution >= 0.6 is 0 Å². The molecule has 10 heteroatoms. The summed E-state index contributed by atoms with van der Waals surface area (Å²) in [5.74, 6) is 1.43. The molecule has 2 aromatic carbocycles. The van der Waals surface area contributed by atoms with Gasteiger partial charge in [-0.25, -0.2) is 9.31 Å². The maximum atomic E-state index is 12.3. The van der Waals surface area contributed by atoms with Gasteiger partial charge < -0.3 is 24.4 Å². The van der Waals surface area contributed by atoms with E-state index in [0.717, 1.165) is 23.5 Å². The van der Waals surface area contributed by atoms with Gasteiger partial charge in [-0.05, 0) is 57.4 Å². The molecule has 0 saturated carbocycles. The number of ether oxygens (including phenoxy) is 3. The number of anilines is 3. The highest BCUT2D eigenvalue weighted by Gasteiger charge is 2.17. The van der Waals surface area contributed by atoms with Crippen LogP contribution in [0.5, 0.6) is 11.5 Å². The lowest BCUT2D eigenvalue weighted by Gasteiger charge is -2.12. The van der Waals surface area contributed by atoms with Crippen LogP contribution in [0.4, 0.5) is 21.9 Å². The molecule has 0 bridgehead atoms. The highest BCUT2D eigenvalue weighted by Crippen LogP contribution is 2.33. The van der Waals surface area contributed by atoms with Gasteiger partial charge in [-0.2, -0.15) is 10.4 Å². The van der Waals surface area contributed by atoms with Crippen LogP contribution in [0.15, 0.2) is 67.0 Å². The van der Waals surface area contributed by atoms with E-state index in [1.54, 1.807) is 10.7 Å². The van der Waals surface area contributed by atoms with Gasteiger partial charge in [0.05, 0.1) is 48.1 Å². The summed E-state index contributed by atoms with van der Waals surface area (Å²) in [6.07, 6.45) is 2.57. The third-order valence-corrected chi connectivity index (χ3v) is 5.66. The molecule has 2 heterocycles. The number of likely N-dealkylation sites (N-methyl/N-ethyl adjacent to an activating group) is 1. The Bertz CT molecular complexity index is 1410. The van der Waals surface area contributed by atoms with Crippen LogP contribution in [0.2, 0.25) is 0 Å². The summed E-state index contributed by atoms with van der Waals surface area (Å²) in [4.78, 5) is 14.4. The smallest absolute Gasteiger partial charge is 0.411 e. The number of hydrogen-bond acceptors (Lipinski definition) is 8. The second-order valence-corrected chi connectivity index (χ2v) is 8.75. The first-order chi connectivity index (χ1) is 18.4. The zero-order valence-corrected chi connectivity index (χ0v) is 21.6. The number of nitrogens with one attached hydrogen (secondary N) is 2. The van der Waals surface area contributed by atoms with Crippen LogP contribution in [0.1, 0.15) is 11.1 Å². The fourth-order valence-corrected chi connectivity index (χ4v) is 3.69. The predicted molar refractivity (Wildman–Crippen MR) is 145 cm³/mol. The molecule has 0 atom stereocenters. The van der Waals surface area contributed by atoms with Crippen molar-refractivity contribution in [1.82, 2.24) is 14.5 Å². The predicted octanol–water partition coefficient (Wildman–Crippen LogP) is 5.18. The van der Waals surface area contributed by atoms with E-state index < -0.39 is 6.09 Å². The fourth-order valence-electron chi connectivity index (χ4n) is 3.69. The van der Waals surface area contributed by atoms with Crippen molar-refractivity contribution in [3.8, 4) is 17.6 Å². The Morgan fingerprint density at radius 3 is 2.50 bits per heavy atom. The first-order valence-electron chi connectivity index (χ1n) is 12.1. The summed E-state index contributed by atoms with van der Waals surface area (Å²) < 4.78 is 18.1. The van der Waals surface area contributed by atoms with Crippen molar-refractivity contribution < 1.29 is 19.0 Å². The molecule has 196 valence electrons. The zero-order valence-electron chi connectivity index (χ0n) is 21.6. The first kappa shape index (κ1) is 26.5. The highest BCUT2D eigenvalue weighted by molar-refractivity contribution is 5.92. The van der Waals surface area contributed by atoms with Crippen LogP contribution in [0.3, 0.4) is 0 Å². The number of nitriles is 1. The molecule has 10 nitrogen and oxygen atoms in total. The average molecular weight is 515 g/mol. The number of fused-ring (bicyclic) bond motifs is 1. The molecule has 38 heavy (non-hydrogen) atoms. The summed E-state index contributed by atoms with van der Waals surface area (Å²) in [7, 11) is 3.93. The third-order valence-electron chi connectivity index (χ3n) is 5.66. The van der Waals surface area contributed by atoms with Crippen molar-refractivity contribution in [2.45, 2.75) is 6.92 Å². The number of amides is 1. The second kappa shape index (κ2) is 12.6.